The fourth-order valence-corrected chi connectivity index (χ4v) is 4.95. The van der Waals surface area contributed by atoms with Crippen LogP contribution < -0.4 is 15.5 Å². The van der Waals surface area contributed by atoms with Crippen LogP contribution >= 0.6 is 47.0 Å². The average Bonchev–Trinajstić information content (AvgIpc) is 3.63. The number of halogens is 3. The molecule has 12 heteroatoms. The number of benzene rings is 2. The number of amides is 2. The lowest BCUT2D eigenvalue weighted by Gasteiger charge is -2.36. The maximum atomic E-state index is 12.6. The van der Waals surface area contributed by atoms with Gasteiger partial charge in [-0.1, -0.05) is 34.8 Å². The molecule has 8 nitrogen and oxygen atoms in total. The minimum Gasteiger partial charge on any atom is -0.459 e. The summed E-state index contributed by atoms with van der Waals surface area (Å²) in [5.74, 6) is 0.243. The summed E-state index contributed by atoms with van der Waals surface area (Å²) in [6, 6.07) is 17.0. The van der Waals surface area contributed by atoms with Gasteiger partial charge in [-0.15, -0.1) is 0 Å². The third kappa shape index (κ3) is 6.23. The van der Waals surface area contributed by atoms with Crippen molar-refractivity contribution in [1.29, 1.82) is 0 Å². The molecule has 2 aromatic carbocycles. The number of anilines is 2. The highest BCUT2D eigenvalue weighted by Crippen LogP contribution is 2.31. The Balaban J connectivity index is 1.15. The van der Waals surface area contributed by atoms with E-state index in [2.05, 4.69) is 15.5 Å². The summed E-state index contributed by atoms with van der Waals surface area (Å²) in [5, 5.41) is 6.96. The zero-order valence-corrected chi connectivity index (χ0v) is 23.3. The number of rotatable bonds is 5. The Morgan fingerprint density at radius 3 is 2.33 bits per heavy atom. The first-order valence-corrected chi connectivity index (χ1v) is 13.4. The van der Waals surface area contributed by atoms with Crippen LogP contribution in [0.4, 0.5) is 11.4 Å². The first-order valence-electron chi connectivity index (χ1n) is 11.8. The molecule has 3 heterocycles. The highest BCUT2D eigenvalue weighted by Gasteiger charge is 2.25. The molecule has 0 aliphatic carbocycles. The van der Waals surface area contributed by atoms with Crippen molar-refractivity contribution in [3.05, 3.63) is 93.5 Å². The van der Waals surface area contributed by atoms with E-state index in [1.807, 2.05) is 12.1 Å². The molecule has 1 saturated heterocycles. The summed E-state index contributed by atoms with van der Waals surface area (Å²) < 4.78 is 10.9. The summed E-state index contributed by atoms with van der Waals surface area (Å²) >= 11 is 23.9. The van der Waals surface area contributed by atoms with Gasteiger partial charge < -0.3 is 24.0 Å². The fraction of sp³-hybridized carbons (Fsp3) is 0.148. The third-order valence-corrected chi connectivity index (χ3v) is 7.35. The minimum atomic E-state index is -0.511. The van der Waals surface area contributed by atoms with Crippen molar-refractivity contribution in [2.45, 2.75) is 0 Å². The SMILES string of the molecule is O=C(NC(=S)Nc1ccc(N2CCN(C(=O)c3ccco3)CC2)c(Cl)c1)c1ccc(-c2ccc(Cl)c(Cl)c2)o1. The monoisotopic (exact) mass is 602 g/mol. The molecule has 1 aliphatic rings. The number of hydrogen-bond acceptors (Lipinski definition) is 6. The van der Waals surface area contributed by atoms with Crippen LogP contribution in [0.15, 0.2) is 75.8 Å². The molecule has 5 rings (SSSR count). The standard InChI is InChI=1S/C27H21Cl3N4O4S/c28-18-5-3-16(14-19(18)29)22-7-8-23(38-22)25(35)32-27(39)31-17-4-6-21(20(30)15-17)33-9-11-34(12-10-33)26(36)24-2-1-13-37-24/h1-8,13-15H,9-12H2,(H2,31,32,35,39). The van der Waals surface area contributed by atoms with Gasteiger partial charge in [-0.05, 0) is 72.9 Å². The van der Waals surface area contributed by atoms with Gasteiger partial charge in [-0.3, -0.25) is 14.9 Å². The molecular formula is C27H21Cl3N4O4S. The van der Waals surface area contributed by atoms with Gasteiger partial charge in [0.15, 0.2) is 16.6 Å². The normalized spacial score (nSPS) is 13.3. The third-order valence-electron chi connectivity index (χ3n) is 6.11. The molecule has 2 amide bonds. The van der Waals surface area contributed by atoms with E-state index in [1.54, 1.807) is 53.4 Å². The van der Waals surface area contributed by atoms with Crippen molar-refractivity contribution in [3.8, 4) is 11.3 Å². The second-order valence-electron chi connectivity index (χ2n) is 8.62. The first kappa shape index (κ1) is 27.1. The zero-order valence-electron chi connectivity index (χ0n) is 20.2. The van der Waals surface area contributed by atoms with E-state index < -0.39 is 5.91 Å². The van der Waals surface area contributed by atoms with Crippen LogP contribution in [0.5, 0.6) is 0 Å². The van der Waals surface area contributed by atoms with Crippen LogP contribution in [0.1, 0.15) is 21.1 Å². The van der Waals surface area contributed by atoms with Crippen molar-refractivity contribution in [1.82, 2.24) is 10.2 Å². The number of piperazine rings is 1. The minimum absolute atomic E-state index is 0.0817. The average molecular weight is 604 g/mol. The molecule has 2 N–H and O–H groups in total. The van der Waals surface area contributed by atoms with Crippen molar-refractivity contribution in [2.75, 3.05) is 36.4 Å². The molecule has 4 aromatic rings. The molecule has 0 radical (unpaired) electrons. The van der Waals surface area contributed by atoms with E-state index in [0.29, 0.717) is 64.0 Å². The maximum absolute atomic E-state index is 12.6. The number of carbonyl (C=O) groups is 2. The molecule has 0 unspecified atom stereocenters. The van der Waals surface area contributed by atoms with E-state index in [0.717, 1.165) is 5.69 Å². The molecule has 0 bridgehead atoms. The number of thiocarbonyl (C=S) groups is 1. The lowest BCUT2D eigenvalue weighted by Crippen LogP contribution is -2.48. The van der Waals surface area contributed by atoms with Crippen LogP contribution in [0.3, 0.4) is 0 Å². The molecule has 0 atom stereocenters. The number of hydrogen-bond donors (Lipinski definition) is 2. The van der Waals surface area contributed by atoms with Crippen LogP contribution in [-0.4, -0.2) is 48.0 Å². The summed E-state index contributed by atoms with van der Waals surface area (Å²) in [6.07, 6.45) is 1.49. The molecule has 1 fully saturated rings. The van der Waals surface area contributed by atoms with Crippen molar-refractivity contribution < 1.29 is 18.4 Å². The second-order valence-corrected chi connectivity index (χ2v) is 10.3. The van der Waals surface area contributed by atoms with Crippen LogP contribution in [0.25, 0.3) is 11.3 Å². The predicted octanol–water partition coefficient (Wildman–Crippen LogP) is 6.59. The van der Waals surface area contributed by atoms with Crippen molar-refractivity contribution in [2.24, 2.45) is 0 Å². The molecule has 39 heavy (non-hydrogen) atoms. The van der Waals surface area contributed by atoms with Gasteiger partial charge in [0.05, 0.1) is 27.0 Å². The predicted molar refractivity (Wildman–Crippen MR) is 156 cm³/mol. The lowest BCUT2D eigenvalue weighted by atomic mass is 10.2. The topological polar surface area (TPSA) is 91.0 Å². The number of nitrogens with zero attached hydrogens (tertiary/aromatic N) is 2. The second kappa shape index (κ2) is 11.7. The van der Waals surface area contributed by atoms with Gasteiger partial charge >= 0.3 is 0 Å². The summed E-state index contributed by atoms with van der Waals surface area (Å²) in [5.41, 5.74) is 2.13. The first-order chi connectivity index (χ1) is 18.8. The summed E-state index contributed by atoms with van der Waals surface area (Å²) in [6.45, 7) is 2.35. The summed E-state index contributed by atoms with van der Waals surface area (Å²) in [4.78, 5) is 29.0. The van der Waals surface area contributed by atoms with E-state index in [1.165, 1.54) is 6.26 Å². The smallest absolute Gasteiger partial charge is 0.293 e. The molecule has 0 spiro atoms. The van der Waals surface area contributed by atoms with Crippen molar-refractivity contribution in [3.63, 3.8) is 0 Å². The molecular weight excluding hydrogens is 583 g/mol. The van der Waals surface area contributed by atoms with E-state index >= 15 is 0 Å². The van der Waals surface area contributed by atoms with Gasteiger partial charge in [-0.25, -0.2) is 0 Å². The van der Waals surface area contributed by atoms with Crippen LogP contribution in [-0.2, 0) is 0 Å². The molecule has 0 saturated carbocycles. The van der Waals surface area contributed by atoms with Crippen LogP contribution in [0, 0.1) is 0 Å². The van der Waals surface area contributed by atoms with Gasteiger partial charge in [0.25, 0.3) is 11.8 Å². The highest BCUT2D eigenvalue weighted by atomic mass is 35.5. The van der Waals surface area contributed by atoms with Gasteiger partial charge in [-0.2, -0.15) is 0 Å². The Kier molecular flexibility index (Phi) is 8.13. The number of furan rings is 2. The van der Waals surface area contributed by atoms with E-state index in [9.17, 15) is 9.59 Å². The van der Waals surface area contributed by atoms with E-state index in [4.69, 9.17) is 55.9 Å². The molecule has 1 aliphatic heterocycles. The summed E-state index contributed by atoms with van der Waals surface area (Å²) in [7, 11) is 0. The van der Waals surface area contributed by atoms with Gasteiger partial charge in [0.2, 0.25) is 0 Å². The Morgan fingerprint density at radius 2 is 1.64 bits per heavy atom. The Hall–Kier alpha value is -3.50. The van der Waals surface area contributed by atoms with Gasteiger partial charge in [0.1, 0.15) is 5.76 Å². The Labute approximate surface area is 244 Å². The molecule has 2 aromatic heterocycles. The highest BCUT2D eigenvalue weighted by molar-refractivity contribution is 7.80. The van der Waals surface area contributed by atoms with Crippen molar-refractivity contribution >= 4 is 75.3 Å². The largest absolute Gasteiger partial charge is 0.459 e. The van der Waals surface area contributed by atoms with Gasteiger partial charge in [0, 0.05) is 37.4 Å². The van der Waals surface area contributed by atoms with E-state index in [-0.39, 0.29) is 16.8 Å². The number of nitrogens with one attached hydrogen (secondary N) is 2. The lowest BCUT2D eigenvalue weighted by molar-refractivity contribution is 0.0714. The van der Waals surface area contributed by atoms with Crippen LogP contribution in [0.2, 0.25) is 15.1 Å². The Bertz CT molecular complexity index is 1530. The number of carbonyl (C=O) groups excluding carboxylic acids is 2. The maximum Gasteiger partial charge on any atom is 0.293 e. The molecule has 200 valence electrons. The quantitative estimate of drug-likeness (QED) is 0.249. The zero-order chi connectivity index (χ0) is 27.5. The fourth-order valence-electron chi connectivity index (χ4n) is 4.14. The Morgan fingerprint density at radius 1 is 0.846 bits per heavy atom.